The highest BCUT2D eigenvalue weighted by Crippen LogP contribution is 2.62. The lowest BCUT2D eigenvalue weighted by atomic mass is 9.68. The Morgan fingerprint density at radius 3 is 2.88 bits per heavy atom. The molecule has 3 nitrogen and oxygen atoms in total. The summed E-state index contributed by atoms with van der Waals surface area (Å²) in [6, 6.07) is 2.54. The fourth-order valence-electron chi connectivity index (χ4n) is 4.35. The van der Waals surface area contributed by atoms with Gasteiger partial charge in [-0.2, -0.15) is 0 Å². The van der Waals surface area contributed by atoms with Crippen LogP contribution < -0.4 is 5.32 Å². The maximum atomic E-state index is 4.88. The van der Waals surface area contributed by atoms with Crippen molar-refractivity contribution in [1.29, 1.82) is 0 Å². The molecule has 3 rings (SSSR count). The highest BCUT2D eigenvalue weighted by Gasteiger charge is 2.58. The van der Waals surface area contributed by atoms with E-state index in [-0.39, 0.29) is 0 Å². The SMILES string of the molecule is CC12CCC(C1)C(C)(C)C2NCc1ccon1. The minimum absolute atomic E-state index is 0.413. The Morgan fingerprint density at radius 1 is 1.47 bits per heavy atom. The van der Waals surface area contributed by atoms with E-state index in [1.54, 1.807) is 6.26 Å². The lowest BCUT2D eigenvalue weighted by Gasteiger charge is -2.43. The van der Waals surface area contributed by atoms with Gasteiger partial charge in [0, 0.05) is 18.7 Å². The summed E-state index contributed by atoms with van der Waals surface area (Å²) in [5.74, 6) is 0.891. The second kappa shape index (κ2) is 3.58. The molecule has 17 heavy (non-hydrogen) atoms. The lowest BCUT2D eigenvalue weighted by molar-refractivity contribution is 0.107. The Balaban J connectivity index is 1.74. The largest absolute Gasteiger partial charge is 0.364 e. The zero-order valence-corrected chi connectivity index (χ0v) is 11.0. The van der Waals surface area contributed by atoms with Gasteiger partial charge in [-0.3, -0.25) is 0 Å². The fourth-order valence-corrected chi connectivity index (χ4v) is 4.35. The van der Waals surface area contributed by atoms with Gasteiger partial charge in [0.2, 0.25) is 0 Å². The molecule has 3 unspecified atom stereocenters. The average Bonchev–Trinajstić information content (AvgIpc) is 2.90. The van der Waals surface area contributed by atoms with Crippen LogP contribution in [0.25, 0.3) is 0 Å². The third kappa shape index (κ3) is 1.63. The van der Waals surface area contributed by atoms with E-state index >= 15 is 0 Å². The minimum atomic E-state index is 0.413. The zero-order valence-electron chi connectivity index (χ0n) is 11.0. The Labute approximate surface area is 103 Å². The average molecular weight is 234 g/mol. The van der Waals surface area contributed by atoms with Crippen LogP contribution in [0, 0.1) is 16.7 Å². The molecule has 2 aliphatic carbocycles. The van der Waals surface area contributed by atoms with Crippen molar-refractivity contribution in [3.63, 3.8) is 0 Å². The molecule has 1 aromatic rings. The Kier molecular flexibility index (Phi) is 2.37. The maximum Gasteiger partial charge on any atom is 0.124 e. The van der Waals surface area contributed by atoms with Gasteiger partial charge < -0.3 is 9.84 Å². The van der Waals surface area contributed by atoms with Crippen LogP contribution in [0.5, 0.6) is 0 Å². The number of hydrogen-bond acceptors (Lipinski definition) is 3. The van der Waals surface area contributed by atoms with Gasteiger partial charge in [-0.1, -0.05) is 25.9 Å². The molecular weight excluding hydrogens is 212 g/mol. The first-order chi connectivity index (χ1) is 8.02. The molecule has 3 atom stereocenters. The molecular formula is C14H22N2O. The molecule has 0 aromatic carbocycles. The van der Waals surface area contributed by atoms with Crippen molar-refractivity contribution in [2.24, 2.45) is 16.7 Å². The summed E-state index contributed by atoms with van der Waals surface area (Å²) in [5.41, 5.74) is 1.90. The van der Waals surface area contributed by atoms with Crippen LogP contribution >= 0.6 is 0 Å². The second-order valence-electron chi connectivity index (χ2n) is 6.72. The van der Waals surface area contributed by atoms with Gasteiger partial charge in [-0.05, 0) is 36.0 Å². The summed E-state index contributed by atoms with van der Waals surface area (Å²) in [6.45, 7) is 8.11. The monoisotopic (exact) mass is 234 g/mol. The molecule has 0 aliphatic heterocycles. The fraction of sp³-hybridized carbons (Fsp3) is 0.786. The van der Waals surface area contributed by atoms with E-state index < -0.39 is 0 Å². The van der Waals surface area contributed by atoms with Crippen molar-refractivity contribution in [2.75, 3.05) is 0 Å². The van der Waals surface area contributed by atoms with Crippen molar-refractivity contribution < 1.29 is 4.52 Å². The smallest absolute Gasteiger partial charge is 0.124 e. The summed E-state index contributed by atoms with van der Waals surface area (Å²) in [4.78, 5) is 0. The highest BCUT2D eigenvalue weighted by molar-refractivity contribution is 5.12. The molecule has 3 heteroatoms. The van der Waals surface area contributed by atoms with Crippen molar-refractivity contribution in [1.82, 2.24) is 10.5 Å². The summed E-state index contributed by atoms with van der Waals surface area (Å²) in [6.07, 6.45) is 5.81. The molecule has 0 radical (unpaired) electrons. The number of rotatable bonds is 3. The molecule has 2 saturated carbocycles. The molecule has 1 aromatic heterocycles. The minimum Gasteiger partial charge on any atom is -0.364 e. The van der Waals surface area contributed by atoms with E-state index in [4.69, 9.17) is 4.52 Å². The molecule has 0 saturated heterocycles. The van der Waals surface area contributed by atoms with Crippen LogP contribution in [0.2, 0.25) is 0 Å². The first-order valence-electron chi connectivity index (χ1n) is 6.65. The molecule has 2 fully saturated rings. The van der Waals surface area contributed by atoms with Gasteiger partial charge in [0.25, 0.3) is 0 Å². The number of nitrogens with one attached hydrogen (secondary N) is 1. The van der Waals surface area contributed by atoms with E-state index in [1.165, 1.54) is 19.3 Å². The summed E-state index contributed by atoms with van der Waals surface area (Å²) in [7, 11) is 0. The summed E-state index contributed by atoms with van der Waals surface area (Å²) < 4.78 is 4.88. The third-order valence-corrected chi connectivity index (χ3v) is 5.25. The molecule has 0 spiro atoms. The van der Waals surface area contributed by atoms with E-state index in [9.17, 15) is 0 Å². The first-order valence-corrected chi connectivity index (χ1v) is 6.65. The first kappa shape index (κ1) is 11.3. The molecule has 1 heterocycles. The van der Waals surface area contributed by atoms with Crippen molar-refractivity contribution in [2.45, 2.75) is 52.6 Å². The van der Waals surface area contributed by atoms with Crippen LogP contribution in [0.1, 0.15) is 45.7 Å². The predicted molar refractivity (Wildman–Crippen MR) is 66.4 cm³/mol. The van der Waals surface area contributed by atoms with Crippen LogP contribution in [-0.2, 0) is 6.54 Å². The van der Waals surface area contributed by atoms with E-state index in [2.05, 4.69) is 31.2 Å². The molecule has 2 aliphatic rings. The molecule has 94 valence electrons. The van der Waals surface area contributed by atoms with Crippen LogP contribution in [0.4, 0.5) is 0 Å². The van der Waals surface area contributed by atoms with Gasteiger partial charge in [0.05, 0.1) is 5.69 Å². The summed E-state index contributed by atoms with van der Waals surface area (Å²) >= 11 is 0. The highest BCUT2D eigenvalue weighted by atomic mass is 16.5. The number of hydrogen-bond donors (Lipinski definition) is 1. The third-order valence-electron chi connectivity index (χ3n) is 5.25. The summed E-state index contributed by atoms with van der Waals surface area (Å²) in [5, 5.41) is 7.70. The van der Waals surface area contributed by atoms with Gasteiger partial charge in [-0.15, -0.1) is 0 Å². The van der Waals surface area contributed by atoms with E-state index in [0.29, 0.717) is 16.9 Å². The van der Waals surface area contributed by atoms with Crippen molar-refractivity contribution in [3.05, 3.63) is 18.0 Å². The normalized spacial score (nSPS) is 38.8. The van der Waals surface area contributed by atoms with Crippen LogP contribution in [0.15, 0.2) is 16.9 Å². The van der Waals surface area contributed by atoms with Gasteiger partial charge in [0.1, 0.15) is 6.26 Å². The molecule has 0 amide bonds. The number of nitrogens with zero attached hydrogens (tertiary/aromatic N) is 1. The van der Waals surface area contributed by atoms with Gasteiger partial charge in [0.15, 0.2) is 0 Å². The zero-order chi connectivity index (χ0) is 12.1. The Hall–Kier alpha value is -0.830. The standard InChI is InChI=1S/C14H22N2O/c1-13(2)10-4-6-14(3,8-10)12(13)15-9-11-5-7-17-16-11/h5,7,10,12,15H,4,6,8-9H2,1-3H3. The molecule has 1 N–H and O–H groups in total. The van der Waals surface area contributed by atoms with E-state index in [0.717, 1.165) is 18.2 Å². The predicted octanol–water partition coefficient (Wildman–Crippen LogP) is 2.98. The van der Waals surface area contributed by atoms with Gasteiger partial charge in [-0.25, -0.2) is 0 Å². The molecule has 2 bridgehead atoms. The Morgan fingerprint density at radius 2 is 2.29 bits per heavy atom. The van der Waals surface area contributed by atoms with Crippen LogP contribution in [-0.4, -0.2) is 11.2 Å². The second-order valence-corrected chi connectivity index (χ2v) is 6.72. The number of aromatic nitrogens is 1. The Bertz CT molecular complexity index is 394. The van der Waals surface area contributed by atoms with E-state index in [1.807, 2.05) is 6.07 Å². The number of fused-ring (bicyclic) bond motifs is 2. The van der Waals surface area contributed by atoms with Gasteiger partial charge >= 0.3 is 0 Å². The maximum absolute atomic E-state index is 4.88. The van der Waals surface area contributed by atoms with Crippen molar-refractivity contribution >= 4 is 0 Å². The lowest BCUT2D eigenvalue weighted by Crippen LogP contribution is -2.49. The van der Waals surface area contributed by atoms with Crippen molar-refractivity contribution in [3.8, 4) is 0 Å². The topological polar surface area (TPSA) is 38.1 Å². The quantitative estimate of drug-likeness (QED) is 0.873. The van der Waals surface area contributed by atoms with Crippen LogP contribution in [0.3, 0.4) is 0 Å².